The molecule has 1 atom stereocenters. The zero-order valence-corrected chi connectivity index (χ0v) is 13.1. The third-order valence-corrected chi connectivity index (χ3v) is 4.06. The molecule has 2 aromatic rings. The minimum Gasteiger partial charge on any atom is -0.306 e. The number of nitrogens with one attached hydrogen (secondary N) is 1. The number of hydrogen-bond donors (Lipinski definition) is 1. The quantitative estimate of drug-likeness (QED) is 0.787. The number of rotatable bonds is 4. The highest BCUT2D eigenvalue weighted by molar-refractivity contribution is 9.10. The van der Waals surface area contributed by atoms with Crippen LogP contribution in [0.2, 0.25) is 5.02 Å². The summed E-state index contributed by atoms with van der Waals surface area (Å²) < 4.78 is 27.0. The van der Waals surface area contributed by atoms with Gasteiger partial charge in [-0.3, -0.25) is 0 Å². The van der Waals surface area contributed by atoms with Crippen molar-refractivity contribution in [2.75, 3.05) is 0 Å². The summed E-state index contributed by atoms with van der Waals surface area (Å²) in [5.41, 5.74) is 1.70. The highest BCUT2D eigenvalue weighted by Gasteiger charge is 2.10. The average Bonchev–Trinajstić information content (AvgIpc) is 2.42. The Morgan fingerprint density at radius 3 is 2.60 bits per heavy atom. The van der Waals surface area contributed by atoms with Gasteiger partial charge in [0.2, 0.25) is 0 Å². The van der Waals surface area contributed by atoms with E-state index in [0.29, 0.717) is 17.1 Å². The number of halogens is 4. The van der Waals surface area contributed by atoms with Gasteiger partial charge < -0.3 is 5.32 Å². The Morgan fingerprint density at radius 1 is 1.15 bits per heavy atom. The summed E-state index contributed by atoms with van der Waals surface area (Å²) in [5.74, 6) is -1.67. The Hall–Kier alpha value is -0.970. The summed E-state index contributed by atoms with van der Waals surface area (Å²) in [6.45, 7) is 2.46. The maximum absolute atomic E-state index is 13.2. The molecule has 2 aromatic carbocycles. The molecular weight excluding hydrogens is 348 g/mol. The summed E-state index contributed by atoms with van der Waals surface area (Å²) >= 11 is 9.40. The minimum atomic E-state index is -0.835. The predicted molar refractivity (Wildman–Crippen MR) is 80.8 cm³/mol. The van der Waals surface area contributed by atoms with Crippen LogP contribution in [0.25, 0.3) is 0 Å². The Balaban J connectivity index is 2.06. The van der Waals surface area contributed by atoms with Crippen LogP contribution in [0.5, 0.6) is 0 Å². The highest BCUT2D eigenvalue weighted by Crippen LogP contribution is 2.22. The van der Waals surface area contributed by atoms with Crippen LogP contribution >= 0.6 is 27.5 Å². The van der Waals surface area contributed by atoms with Crippen molar-refractivity contribution in [2.24, 2.45) is 0 Å². The predicted octanol–water partition coefficient (Wildman–Crippen LogP) is 5.23. The first kappa shape index (κ1) is 15.4. The zero-order chi connectivity index (χ0) is 14.7. The van der Waals surface area contributed by atoms with E-state index in [-0.39, 0.29) is 6.04 Å². The number of hydrogen-bond acceptors (Lipinski definition) is 1. The van der Waals surface area contributed by atoms with Crippen molar-refractivity contribution in [1.29, 1.82) is 0 Å². The van der Waals surface area contributed by atoms with Gasteiger partial charge in [-0.2, -0.15) is 0 Å². The monoisotopic (exact) mass is 359 g/mol. The Bertz CT molecular complexity index is 619. The first-order valence-electron chi connectivity index (χ1n) is 6.09. The van der Waals surface area contributed by atoms with Gasteiger partial charge in [-0.15, -0.1) is 0 Å². The third-order valence-electron chi connectivity index (χ3n) is 3.05. The highest BCUT2D eigenvalue weighted by atomic mass is 79.9. The second-order valence-electron chi connectivity index (χ2n) is 4.51. The van der Waals surface area contributed by atoms with Gasteiger partial charge >= 0.3 is 0 Å². The van der Waals surface area contributed by atoms with E-state index in [0.717, 1.165) is 16.1 Å². The lowest BCUT2D eigenvalue weighted by atomic mass is 10.1. The summed E-state index contributed by atoms with van der Waals surface area (Å²) in [4.78, 5) is 0. The van der Waals surface area contributed by atoms with Crippen molar-refractivity contribution >= 4 is 27.5 Å². The molecule has 106 valence electrons. The van der Waals surface area contributed by atoms with Crippen LogP contribution in [0.4, 0.5) is 8.78 Å². The lowest BCUT2D eigenvalue weighted by Crippen LogP contribution is -2.18. The van der Waals surface area contributed by atoms with Crippen molar-refractivity contribution in [1.82, 2.24) is 5.32 Å². The SMILES string of the molecule is CC(NCc1cc(Cl)ccc1Br)c1ccc(F)c(F)c1. The van der Waals surface area contributed by atoms with Crippen LogP contribution in [-0.2, 0) is 6.54 Å². The molecule has 0 spiro atoms. The zero-order valence-electron chi connectivity index (χ0n) is 10.8. The van der Waals surface area contributed by atoms with Crippen LogP contribution in [0, 0.1) is 11.6 Å². The Morgan fingerprint density at radius 2 is 1.90 bits per heavy atom. The Kier molecular flexibility index (Phi) is 5.13. The summed E-state index contributed by atoms with van der Waals surface area (Å²) in [6.07, 6.45) is 0. The van der Waals surface area contributed by atoms with Crippen LogP contribution in [0.3, 0.4) is 0 Å². The maximum atomic E-state index is 13.2. The molecular formula is C15H13BrClF2N. The lowest BCUT2D eigenvalue weighted by molar-refractivity contribution is 0.500. The van der Waals surface area contributed by atoms with Crippen molar-refractivity contribution < 1.29 is 8.78 Å². The van der Waals surface area contributed by atoms with Gasteiger partial charge in [0.1, 0.15) is 0 Å². The maximum Gasteiger partial charge on any atom is 0.159 e. The fraction of sp³-hybridized carbons (Fsp3) is 0.200. The largest absolute Gasteiger partial charge is 0.306 e. The van der Waals surface area contributed by atoms with Gasteiger partial charge in [-0.05, 0) is 48.4 Å². The molecule has 2 rings (SSSR count). The fourth-order valence-corrected chi connectivity index (χ4v) is 2.42. The van der Waals surface area contributed by atoms with Crippen molar-refractivity contribution in [3.63, 3.8) is 0 Å². The topological polar surface area (TPSA) is 12.0 Å². The molecule has 0 saturated carbocycles. The van der Waals surface area contributed by atoms with E-state index in [1.165, 1.54) is 6.07 Å². The molecule has 1 nitrogen and oxygen atoms in total. The molecule has 0 saturated heterocycles. The van der Waals surface area contributed by atoms with Crippen LogP contribution < -0.4 is 5.32 Å². The number of benzene rings is 2. The van der Waals surface area contributed by atoms with Gasteiger partial charge in [-0.25, -0.2) is 8.78 Å². The van der Waals surface area contributed by atoms with Crippen LogP contribution in [0.15, 0.2) is 40.9 Å². The molecule has 0 amide bonds. The van der Waals surface area contributed by atoms with Gasteiger partial charge in [0.05, 0.1) is 0 Å². The van der Waals surface area contributed by atoms with E-state index >= 15 is 0 Å². The van der Waals surface area contributed by atoms with E-state index in [2.05, 4.69) is 21.2 Å². The molecule has 0 heterocycles. The first-order valence-corrected chi connectivity index (χ1v) is 7.26. The summed E-state index contributed by atoms with van der Waals surface area (Å²) in [7, 11) is 0. The molecule has 0 radical (unpaired) electrons. The summed E-state index contributed by atoms with van der Waals surface area (Å²) in [6, 6.07) is 9.35. The molecule has 1 unspecified atom stereocenters. The normalized spacial score (nSPS) is 12.4. The molecule has 5 heteroatoms. The molecule has 0 aliphatic carbocycles. The molecule has 0 bridgehead atoms. The van der Waals surface area contributed by atoms with Gasteiger partial charge in [0.25, 0.3) is 0 Å². The smallest absolute Gasteiger partial charge is 0.159 e. The van der Waals surface area contributed by atoms with Crippen LogP contribution in [-0.4, -0.2) is 0 Å². The summed E-state index contributed by atoms with van der Waals surface area (Å²) in [5, 5.41) is 3.91. The molecule has 20 heavy (non-hydrogen) atoms. The molecule has 1 N–H and O–H groups in total. The minimum absolute atomic E-state index is 0.101. The molecule has 0 aliphatic heterocycles. The van der Waals surface area contributed by atoms with Crippen molar-refractivity contribution in [3.05, 3.63) is 68.7 Å². The van der Waals surface area contributed by atoms with Crippen LogP contribution in [0.1, 0.15) is 24.1 Å². The molecule has 0 aliphatic rings. The Labute approximate surface area is 130 Å². The second-order valence-corrected chi connectivity index (χ2v) is 5.80. The van der Waals surface area contributed by atoms with E-state index in [1.54, 1.807) is 12.1 Å². The molecule has 0 fully saturated rings. The van der Waals surface area contributed by atoms with E-state index in [9.17, 15) is 8.78 Å². The standard InChI is InChI=1S/C15H13BrClF2N/c1-9(10-2-5-14(18)15(19)7-10)20-8-11-6-12(17)3-4-13(11)16/h2-7,9,20H,8H2,1H3. The van der Waals surface area contributed by atoms with E-state index < -0.39 is 11.6 Å². The van der Waals surface area contributed by atoms with Crippen molar-refractivity contribution in [2.45, 2.75) is 19.5 Å². The van der Waals surface area contributed by atoms with Crippen molar-refractivity contribution in [3.8, 4) is 0 Å². The second kappa shape index (κ2) is 6.66. The van der Waals surface area contributed by atoms with E-state index in [1.807, 2.05) is 19.1 Å². The molecule has 0 aromatic heterocycles. The van der Waals surface area contributed by atoms with Gasteiger partial charge in [0.15, 0.2) is 11.6 Å². The van der Waals surface area contributed by atoms with Gasteiger partial charge in [0, 0.05) is 22.1 Å². The fourth-order valence-electron chi connectivity index (χ4n) is 1.84. The van der Waals surface area contributed by atoms with E-state index in [4.69, 9.17) is 11.6 Å². The first-order chi connectivity index (χ1) is 9.47. The lowest BCUT2D eigenvalue weighted by Gasteiger charge is -2.15. The third kappa shape index (κ3) is 3.78. The average molecular weight is 361 g/mol. The van der Waals surface area contributed by atoms with Gasteiger partial charge in [-0.1, -0.05) is 33.6 Å².